The summed E-state index contributed by atoms with van der Waals surface area (Å²) in [6.45, 7) is 6.34. The Balaban J connectivity index is 2.17. The van der Waals surface area contributed by atoms with E-state index in [1.165, 1.54) is 0 Å². The minimum absolute atomic E-state index is 0.239. The Bertz CT molecular complexity index is 804. The van der Waals surface area contributed by atoms with Crippen molar-refractivity contribution in [3.05, 3.63) is 65.7 Å². The number of benzene rings is 2. The van der Waals surface area contributed by atoms with Crippen LogP contribution in [0.15, 0.2) is 54.6 Å². The van der Waals surface area contributed by atoms with Crippen LogP contribution in [-0.2, 0) is 6.42 Å². The standard InChI is InChI=1S/C20H22N2O/c1-14(2)12-18-19(16-9-5-4-6-10-16)21-22(20(18)23)17-11-7-8-15(3)13-17/h4-11,13-14,23H,12H2,1-3H3. The minimum Gasteiger partial charge on any atom is -0.493 e. The van der Waals surface area contributed by atoms with Gasteiger partial charge in [0.05, 0.1) is 11.4 Å². The fraction of sp³-hybridized carbons (Fsp3) is 0.250. The summed E-state index contributed by atoms with van der Waals surface area (Å²) in [5.74, 6) is 0.682. The van der Waals surface area contributed by atoms with Crippen LogP contribution in [0.5, 0.6) is 5.88 Å². The molecule has 0 saturated heterocycles. The van der Waals surface area contributed by atoms with E-state index in [9.17, 15) is 5.11 Å². The van der Waals surface area contributed by atoms with E-state index < -0.39 is 0 Å². The molecule has 0 bridgehead atoms. The molecule has 3 heteroatoms. The van der Waals surface area contributed by atoms with Gasteiger partial charge in [0.25, 0.3) is 0 Å². The molecular weight excluding hydrogens is 284 g/mol. The first kappa shape index (κ1) is 15.3. The predicted molar refractivity (Wildman–Crippen MR) is 93.9 cm³/mol. The Labute approximate surface area is 137 Å². The van der Waals surface area contributed by atoms with Crippen LogP contribution in [0.2, 0.25) is 0 Å². The Morgan fingerprint density at radius 3 is 2.43 bits per heavy atom. The molecule has 0 aliphatic carbocycles. The van der Waals surface area contributed by atoms with Crippen LogP contribution in [0, 0.1) is 12.8 Å². The van der Waals surface area contributed by atoms with Crippen molar-refractivity contribution in [1.82, 2.24) is 9.78 Å². The summed E-state index contributed by atoms with van der Waals surface area (Å²) in [5.41, 5.74) is 4.83. The normalized spacial score (nSPS) is 11.1. The molecule has 0 amide bonds. The van der Waals surface area contributed by atoms with E-state index in [0.29, 0.717) is 5.92 Å². The lowest BCUT2D eigenvalue weighted by Gasteiger charge is -2.06. The van der Waals surface area contributed by atoms with Gasteiger partial charge in [-0.25, -0.2) is 4.68 Å². The molecule has 3 aromatic rings. The van der Waals surface area contributed by atoms with Crippen molar-refractivity contribution in [2.24, 2.45) is 5.92 Å². The molecule has 23 heavy (non-hydrogen) atoms. The van der Waals surface area contributed by atoms with E-state index >= 15 is 0 Å². The topological polar surface area (TPSA) is 38.0 Å². The van der Waals surface area contributed by atoms with Crippen molar-refractivity contribution in [3.8, 4) is 22.8 Å². The second-order valence-corrected chi connectivity index (χ2v) is 6.37. The van der Waals surface area contributed by atoms with E-state index in [-0.39, 0.29) is 5.88 Å². The smallest absolute Gasteiger partial charge is 0.218 e. The number of aryl methyl sites for hydroxylation is 1. The average molecular weight is 306 g/mol. The van der Waals surface area contributed by atoms with E-state index in [1.54, 1.807) is 4.68 Å². The van der Waals surface area contributed by atoms with Crippen LogP contribution in [0.25, 0.3) is 16.9 Å². The van der Waals surface area contributed by atoms with Gasteiger partial charge in [0.2, 0.25) is 5.88 Å². The first-order valence-corrected chi connectivity index (χ1v) is 7.99. The van der Waals surface area contributed by atoms with Gasteiger partial charge < -0.3 is 5.11 Å². The molecule has 0 fully saturated rings. The Kier molecular flexibility index (Phi) is 4.20. The molecule has 1 N–H and O–H groups in total. The summed E-state index contributed by atoms with van der Waals surface area (Å²) in [4.78, 5) is 0. The highest BCUT2D eigenvalue weighted by molar-refractivity contribution is 5.66. The molecule has 1 aromatic heterocycles. The number of hydrogen-bond donors (Lipinski definition) is 1. The molecule has 2 aromatic carbocycles. The van der Waals surface area contributed by atoms with E-state index in [1.807, 2.05) is 61.5 Å². The summed E-state index contributed by atoms with van der Waals surface area (Å²) in [6, 6.07) is 18.1. The predicted octanol–water partition coefficient (Wildman–Crippen LogP) is 4.75. The van der Waals surface area contributed by atoms with Crippen molar-refractivity contribution >= 4 is 0 Å². The molecular formula is C20H22N2O. The summed E-state index contributed by atoms with van der Waals surface area (Å²) < 4.78 is 1.65. The van der Waals surface area contributed by atoms with Gasteiger partial charge in [-0.05, 0) is 37.0 Å². The van der Waals surface area contributed by atoms with Crippen LogP contribution in [0.1, 0.15) is 25.0 Å². The Morgan fingerprint density at radius 1 is 1.04 bits per heavy atom. The van der Waals surface area contributed by atoms with Crippen molar-refractivity contribution < 1.29 is 5.11 Å². The molecule has 0 aliphatic heterocycles. The van der Waals surface area contributed by atoms with Crippen LogP contribution >= 0.6 is 0 Å². The van der Waals surface area contributed by atoms with Gasteiger partial charge in [-0.3, -0.25) is 0 Å². The van der Waals surface area contributed by atoms with Crippen molar-refractivity contribution in [2.45, 2.75) is 27.2 Å². The number of aromatic hydroxyl groups is 1. The lowest BCUT2D eigenvalue weighted by Crippen LogP contribution is -1.97. The zero-order valence-corrected chi connectivity index (χ0v) is 13.8. The molecule has 0 saturated carbocycles. The zero-order valence-electron chi connectivity index (χ0n) is 13.8. The summed E-state index contributed by atoms with van der Waals surface area (Å²) >= 11 is 0. The fourth-order valence-electron chi connectivity index (χ4n) is 2.81. The second kappa shape index (κ2) is 6.29. The molecule has 3 rings (SSSR count). The Morgan fingerprint density at radius 2 is 1.78 bits per heavy atom. The van der Waals surface area contributed by atoms with E-state index in [2.05, 4.69) is 13.8 Å². The third kappa shape index (κ3) is 3.14. The average Bonchev–Trinajstić information content (AvgIpc) is 2.85. The van der Waals surface area contributed by atoms with Crippen molar-refractivity contribution in [1.29, 1.82) is 0 Å². The number of nitrogens with zero attached hydrogens (tertiary/aromatic N) is 2. The van der Waals surface area contributed by atoms with Crippen molar-refractivity contribution in [3.63, 3.8) is 0 Å². The third-order valence-corrected chi connectivity index (χ3v) is 3.86. The molecule has 1 heterocycles. The lowest BCUT2D eigenvalue weighted by atomic mass is 9.99. The highest BCUT2D eigenvalue weighted by atomic mass is 16.3. The van der Waals surface area contributed by atoms with Crippen LogP contribution < -0.4 is 0 Å². The summed E-state index contributed by atoms with van der Waals surface area (Å²) in [5, 5.41) is 15.5. The van der Waals surface area contributed by atoms with Gasteiger partial charge in [-0.15, -0.1) is 0 Å². The summed E-state index contributed by atoms with van der Waals surface area (Å²) in [6.07, 6.45) is 0.794. The highest BCUT2D eigenvalue weighted by Crippen LogP contribution is 2.33. The van der Waals surface area contributed by atoms with Gasteiger partial charge in [0.15, 0.2) is 0 Å². The van der Waals surface area contributed by atoms with Crippen LogP contribution in [0.3, 0.4) is 0 Å². The zero-order chi connectivity index (χ0) is 16.4. The second-order valence-electron chi connectivity index (χ2n) is 6.37. The van der Waals surface area contributed by atoms with Gasteiger partial charge in [0.1, 0.15) is 0 Å². The molecule has 0 aliphatic rings. The minimum atomic E-state index is 0.239. The first-order valence-electron chi connectivity index (χ1n) is 7.99. The highest BCUT2D eigenvalue weighted by Gasteiger charge is 2.20. The molecule has 118 valence electrons. The summed E-state index contributed by atoms with van der Waals surface area (Å²) in [7, 11) is 0. The van der Waals surface area contributed by atoms with Gasteiger partial charge in [-0.2, -0.15) is 5.10 Å². The SMILES string of the molecule is Cc1cccc(-n2nc(-c3ccccc3)c(CC(C)C)c2O)c1. The first-order chi connectivity index (χ1) is 11.1. The number of rotatable bonds is 4. The van der Waals surface area contributed by atoms with Gasteiger partial charge in [0, 0.05) is 11.1 Å². The number of hydrogen-bond acceptors (Lipinski definition) is 2. The largest absolute Gasteiger partial charge is 0.493 e. The fourth-order valence-corrected chi connectivity index (χ4v) is 2.81. The Hall–Kier alpha value is -2.55. The molecule has 0 atom stereocenters. The van der Waals surface area contributed by atoms with Gasteiger partial charge in [-0.1, -0.05) is 56.3 Å². The molecule has 0 radical (unpaired) electrons. The maximum absolute atomic E-state index is 10.8. The quantitative estimate of drug-likeness (QED) is 0.755. The molecule has 0 unspecified atom stereocenters. The van der Waals surface area contributed by atoms with E-state index in [0.717, 1.165) is 34.5 Å². The molecule has 0 spiro atoms. The van der Waals surface area contributed by atoms with E-state index in [4.69, 9.17) is 5.10 Å². The monoisotopic (exact) mass is 306 g/mol. The lowest BCUT2D eigenvalue weighted by molar-refractivity contribution is 0.424. The van der Waals surface area contributed by atoms with Crippen LogP contribution in [0.4, 0.5) is 0 Å². The van der Waals surface area contributed by atoms with Gasteiger partial charge >= 0.3 is 0 Å². The molecule has 3 nitrogen and oxygen atoms in total. The van der Waals surface area contributed by atoms with Crippen molar-refractivity contribution in [2.75, 3.05) is 0 Å². The maximum atomic E-state index is 10.8. The van der Waals surface area contributed by atoms with Crippen LogP contribution in [-0.4, -0.2) is 14.9 Å². The maximum Gasteiger partial charge on any atom is 0.218 e. The third-order valence-electron chi connectivity index (χ3n) is 3.86. The number of aromatic nitrogens is 2.